The van der Waals surface area contributed by atoms with Crippen molar-refractivity contribution in [1.82, 2.24) is 9.88 Å². The molecule has 0 aliphatic carbocycles. The molecule has 0 amide bonds. The van der Waals surface area contributed by atoms with Crippen molar-refractivity contribution >= 4 is 55.9 Å². The number of aromatic nitrogens is 1. The molecule has 1 aromatic heterocycles. The van der Waals surface area contributed by atoms with E-state index in [0.29, 0.717) is 22.9 Å². The number of hydrogen-bond acceptors (Lipinski definition) is 6. The largest absolute Gasteiger partial charge is 0.493 e. The molecular weight excluding hydrogens is 505 g/mol. The van der Waals surface area contributed by atoms with Crippen molar-refractivity contribution in [3.05, 3.63) is 52.0 Å². The van der Waals surface area contributed by atoms with Crippen LogP contribution >= 0.6 is 34.5 Å². The number of hydrogen-bond donors (Lipinski definition) is 1. The lowest BCUT2D eigenvalue weighted by molar-refractivity contribution is -0.136. The zero-order valence-corrected chi connectivity index (χ0v) is 21.8. The average Bonchev–Trinajstić information content (AvgIpc) is 3.49. The molecule has 0 radical (unpaired) electrons. The molecule has 186 valence electrons. The van der Waals surface area contributed by atoms with Gasteiger partial charge in [-0.15, -0.1) is 0 Å². The van der Waals surface area contributed by atoms with Crippen molar-refractivity contribution in [2.45, 2.75) is 44.1 Å². The molecule has 0 saturated carbocycles. The van der Waals surface area contributed by atoms with Gasteiger partial charge in [0.25, 0.3) is 0 Å². The maximum atomic E-state index is 11.1. The number of rotatable bonds is 8. The normalized spacial score (nSPS) is 18.3. The second-order valence-corrected chi connectivity index (χ2v) is 11.4. The first-order chi connectivity index (χ1) is 16.9. The Morgan fingerprint density at radius 3 is 2.57 bits per heavy atom. The molecule has 0 unspecified atom stereocenters. The number of carboxylic acid groups (broad SMARTS) is 1. The molecule has 3 aromatic rings. The van der Waals surface area contributed by atoms with Gasteiger partial charge in [0.2, 0.25) is 0 Å². The van der Waals surface area contributed by atoms with Gasteiger partial charge in [-0.05, 0) is 87.2 Å². The van der Waals surface area contributed by atoms with Crippen molar-refractivity contribution in [3.63, 3.8) is 0 Å². The van der Waals surface area contributed by atoms with Gasteiger partial charge in [-0.25, -0.2) is 4.98 Å². The van der Waals surface area contributed by atoms with Gasteiger partial charge in [-0.2, -0.15) is 0 Å². The molecule has 0 bridgehead atoms. The van der Waals surface area contributed by atoms with Crippen molar-refractivity contribution in [2.75, 3.05) is 37.7 Å². The SMILES string of the molecule is O=C(O)Cc1cc(Cl)cc(OCCC2(N3CCCC3)CCN(c3nc4ccc(Cl)cc4s3)CC2)c1. The third-order valence-electron chi connectivity index (χ3n) is 7.20. The van der Waals surface area contributed by atoms with Crippen LogP contribution in [0.25, 0.3) is 10.2 Å². The van der Waals surface area contributed by atoms with E-state index in [2.05, 4.69) is 9.80 Å². The minimum absolute atomic E-state index is 0.0670. The number of thiazole rings is 1. The lowest BCUT2D eigenvalue weighted by atomic mass is 9.83. The Kier molecular flexibility index (Phi) is 7.39. The Bertz CT molecular complexity index is 1200. The van der Waals surface area contributed by atoms with Crippen LogP contribution < -0.4 is 9.64 Å². The fraction of sp³-hybridized carbons (Fsp3) is 0.462. The lowest BCUT2D eigenvalue weighted by Gasteiger charge is -2.47. The third kappa shape index (κ3) is 5.69. The molecule has 3 heterocycles. The topological polar surface area (TPSA) is 65.9 Å². The number of anilines is 1. The summed E-state index contributed by atoms with van der Waals surface area (Å²) in [6.07, 6.45) is 5.48. The van der Waals surface area contributed by atoms with E-state index >= 15 is 0 Å². The van der Waals surface area contributed by atoms with E-state index in [1.54, 1.807) is 29.5 Å². The molecule has 2 saturated heterocycles. The summed E-state index contributed by atoms with van der Waals surface area (Å²) in [5.74, 6) is -0.245. The number of fused-ring (bicyclic) bond motifs is 1. The van der Waals surface area contributed by atoms with Gasteiger partial charge >= 0.3 is 5.97 Å². The van der Waals surface area contributed by atoms with Crippen LogP contribution in [0.5, 0.6) is 5.75 Å². The Morgan fingerprint density at radius 1 is 1.06 bits per heavy atom. The Morgan fingerprint density at radius 2 is 1.83 bits per heavy atom. The van der Waals surface area contributed by atoms with E-state index in [0.717, 1.165) is 65.8 Å². The van der Waals surface area contributed by atoms with Crippen LogP contribution in [0.3, 0.4) is 0 Å². The smallest absolute Gasteiger partial charge is 0.307 e. The Labute approximate surface area is 219 Å². The van der Waals surface area contributed by atoms with Crippen LogP contribution in [0, 0.1) is 0 Å². The summed E-state index contributed by atoms with van der Waals surface area (Å²) in [4.78, 5) is 21.0. The predicted molar refractivity (Wildman–Crippen MR) is 143 cm³/mol. The second kappa shape index (κ2) is 10.5. The highest BCUT2D eigenvalue weighted by Crippen LogP contribution is 2.39. The minimum atomic E-state index is -0.880. The van der Waals surface area contributed by atoms with Crippen molar-refractivity contribution in [3.8, 4) is 5.75 Å². The zero-order chi connectivity index (χ0) is 24.4. The first kappa shape index (κ1) is 24.6. The molecule has 1 N–H and O–H groups in total. The summed E-state index contributed by atoms with van der Waals surface area (Å²) in [6, 6.07) is 11.1. The third-order valence-corrected chi connectivity index (χ3v) is 8.74. The average molecular weight is 535 g/mol. The van der Waals surface area contributed by atoms with Crippen LogP contribution in [-0.4, -0.2) is 59.3 Å². The number of aliphatic carboxylic acids is 1. The maximum Gasteiger partial charge on any atom is 0.307 e. The Balaban J connectivity index is 1.26. The number of carbonyl (C=O) groups is 1. The van der Waals surface area contributed by atoms with Crippen LogP contribution in [0.2, 0.25) is 10.0 Å². The fourth-order valence-corrected chi connectivity index (χ4v) is 6.93. The number of benzene rings is 2. The van der Waals surface area contributed by atoms with E-state index < -0.39 is 5.97 Å². The zero-order valence-electron chi connectivity index (χ0n) is 19.5. The summed E-state index contributed by atoms with van der Waals surface area (Å²) < 4.78 is 7.24. The van der Waals surface area contributed by atoms with E-state index in [1.165, 1.54) is 12.8 Å². The van der Waals surface area contributed by atoms with Crippen LogP contribution in [0.15, 0.2) is 36.4 Å². The highest BCUT2D eigenvalue weighted by atomic mass is 35.5. The summed E-state index contributed by atoms with van der Waals surface area (Å²) >= 11 is 14.1. The highest BCUT2D eigenvalue weighted by molar-refractivity contribution is 7.22. The van der Waals surface area contributed by atoms with Gasteiger partial charge in [-0.1, -0.05) is 34.5 Å². The van der Waals surface area contributed by atoms with Crippen molar-refractivity contribution < 1.29 is 14.6 Å². The molecule has 6 nitrogen and oxygen atoms in total. The predicted octanol–water partition coefficient (Wildman–Crippen LogP) is 6.13. The number of halogens is 2. The quantitative estimate of drug-likeness (QED) is 0.375. The summed E-state index contributed by atoms with van der Waals surface area (Å²) in [7, 11) is 0. The van der Waals surface area contributed by atoms with E-state index in [4.69, 9.17) is 38.0 Å². The van der Waals surface area contributed by atoms with E-state index in [-0.39, 0.29) is 12.0 Å². The number of carboxylic acids is 1. The molecule has 2 aliphatic heterocycles. The second-order valence-electron chi connectivity index (χ2n) is 9.48. The molecule has 5 rings (SSSR count). The molecule has 2 aromatic carbocycles. The molecule has 2 fully saturated rings. The summed E-state index contributed by atoms with van der Waals surface area (Å²) in [5.41, 5.74) is 1.76. The van der Waals surface area contributed by atoms with E-state index in [9.17, 15) is 4.79 Å². The monoisotopic (exact) mass is 533 g/mol. The van der Waals surface area contributed by atoms with Crippen molar-refractivity contribution in [1.29, 1.82) is 0 Å². The fourth-order valence-electron chi connectivity index (χ4n) is 5.39. The molecule has 0 spiro atoms. The number of likely N-dealkylation sites (tertiary alicyclic amines) is 1. The summed E-state index contributed by atoms with van der Waals surface area (Å²) in [5, 5.41) is 11.4. The van der Waals surface area contributed by atoms with Crippen LogP contribution in [-0.2, 0) is 11.2 Å². The molecule has 2 aliphatic rings. The molecule has 0 atom stereocenters. The number of piperidine rings is 1. The first-order valence-electron chi connectivity index (χ1n) is 12.1. The highest BCUT2D eigenvalue weighted by Gasteiger charge is 2.41. The maximum absolute atomic E-state index is 11.1. The standard InChI is InChI=1S/C26H29Cl2N3O3S/c27-19-3-4-22-23(17-19)35-25(29-22)30-10-5-26(6-11-30,31-8-1-2-9-31)7-12-34-21-14-18(15-24(32)33)13-20(28)16-21/h3-4,13-14,16-17H,1-2,5-12,15H2,(H,32,33). The molecule has 35 heavy (non-hydrogen) atoms. The van der Waals surface area contributed by atoms with Gasteiger partial charge in [0, 0.05) is 28.7 Å². The van der Waals surface area contributed by atoms with Gasteiger partial charge in [-0.3, -0.25) is 9.69 Å². The lowest BCUT2D eigenvalue weighted by Crippen LogP contribution is -2.55. The Hall–Kier alpha value is -2.06. The molecule has 9 heteroatoms. The minimum Gasteiger partial charge on any atom is -0.493 e. The van der Waals surface area contributed by atoms with E-state index in [1.807, 2.05) is 18.2 Å². The summed E-state index contributed by atoms with van der Waals surface area (Å²) in [6.45, 7) is 4.77. The van der Waals surface area contributed by atoms with Gasteiger partial charge in [0.1, 0.15) is 5.75 Å². The number of ether oxygens (including phenoxy) is 1. The van der Waals surface area contributed by atoms with Gasteiger partial charge in [0.05, 0.1) is 23.2 Å². The molecular formula is C26H29Cl2N3O3S. The van der Waals surface area contributed by atoms with Crippen molar-refractivity contribution in [2.24, 2.45) is 0 Å². The van der Waals surface area contributed by atoms with Crippen LogP contribution in [0.1, 0.15) is 37.7 Å². The van der Waals surface area contributed by atoms with Gasteiger partial charge in [0.15, 0.2) is 5.13 Å². The van der Waals surface area contributed by atoms with Gasteiger partial charge < -0.3 is 14.7 Å². The van der Waals surface area contributed by atoms with Crippen LogP contribution in [0.4, 0.5) is 5.13 Å². The first-order valence-corrected chi connectivity index (χ1v) is 13.7. The number of nitrogens with zero attached hydrogens (tertiary/aromatic N) is 3.